The zero-order valence-corrected chi connectivity index (χ0v) is 20.7. The molecule has 0 aromatic rings. The van der Waals surface area contributed by atoms with Crippen molar-refractivity contribution in [1.29, 1.82) is 0 Å². The molecule has 0 fully saturated rings. The summed E-state index contributed by atoms with van der Waals surface area (Å²) in [5, 5.41) is 0.426. The van der Waals surface area contributed by atoms with Gasteiger partial charge in [-0.3, -0.25) is 0 Å². The molecule has 1 aliphatic heterocycles. The molecule has 2 atom stereocenters. The van der Waals surface area contributed by atoms with E-state index in [0.717, 1.165) is 12.8 Å². The number of allylic oxidation sites excluding steroid dienone is 1. The van der Waals surface area contributed by atoms with Crippen LogP contribution in [0.5, 0.6) is 0 Å². The maximum Gasteiger partial charge on any atom is 0.192 e. The van der Waals surface area contributed by atoms with Crippen molar-refractivity contribution in [2.24, 2.45) is 0 Å². The van der Waals surface area contributed by atoms with Crippen molar-refractivity contribution in [2.45, 2.75) is 103 Å². The Labute approximate surface area is 163 Å². The molecule has 3 nitrogen and oxygen atoms in total. The molecular formula is C21H40O3Si2. The highest BCUT2D eigenvalue weighted by atomic mass is 28.4. The quantitative estimate of drug-likeness (QED) is 0.514. The Balaban J connectivity index is 2.25. The van der Waals surface area contributed by atoms with Gasteiger partial charge in [-0.2, -0.15) is 0 Å². The van der Waals surface area contributed by atoms with Gasteiger partial charge in [-0.1, -0.05) is 41.5 Å². The van der Waals surface area contributed by atoms with Gasteiger partial charge in [0.2, 0.25) is 0 Å². The average Bonchev–Trinajstić information content (AvgIpc) is 2.44. The lowest BCUT2D eigenvalue weighted by atomic mass is 9.87. The highest BCUT2D eigenvalue weighted by Gasteiger charge is 2.44. The summed E-state index contributed by atoms with van der Waals surface area (Å²) < 4.78 is 19.3. The van der Waals surface area contributed by atoms with Gasteiger partial charge >= 0.3 is 0 Å². The lowest BCUT2D eigenvalue weighted by Crippen LogP contribution is -2.49. The lowest BCUT2D eigenvalue weighted by molar-refractivity contribution is 0.0869. The molecule has 26 heavy (non-hydrogen) atoms. The molecule has 150 valence electrons. The maximum absolute atomic E-state index is 6.85. The number of hydrogen-bond donors (Lipinski definition) is 0. The fourth-order valence-corrected chi connectivity index (χ4v) is 5.68. The van der Waals surface area contributed by atoms with Crippen molar-refractivity contribution in [2.75, 3.05) is 6.61 Å². The zero-order valence-electron chi connectivity index (χ0n) is 18.7. The van der Waals surface area contributed by atoms with E-state index in [2.05, 4.69) is 73.8 Å². The summed E-state index contributed by atoms with van der Waals surface area (Å²) in [6.07, 6.45) is 6.26. The molecular weight excluding hydrogens is 356 g/mol. The summed E-state index contributed by atoms with van der Waals surface area (Å²) in [4.78, 5) is 0. The summed E-state index contributed by atoms with van der Waals surface area (Å²) in [6, 6.07) is 0. The van der Waals surface area contributed by atoms with Gasteiger partial charge in [0.1, 0.15) is 6.61 Å². The van der Waals surface area contributed by atoms with Crippen LogP contribution >= 0.6 is 0 Å². The average molecular weight is 397 g/mol. The van der Waals surface area contributed by atoms with Crippen LogP contribution in [0.25, 0.3) is 0 Å². The Morgan fingerprint density at radius 1 is 0.923 bits per heavy atom. The Kier molecular flexibility index (Phi) is 6.10. The van der Waals surface area contributed by atoms with E-state index >= 15 is 0 Å². The van der Waals surface area contributed by atoms with E-state index in [0.29, 0.717) is 6.61 Å². The van der Waals surface area contributed by atoms with Gasteiger partial charge in [0.15, 0.2) is 16.6 Å². The molecule has 2 aliphatic rings. The van der Waals surface area contributed by atoms with Crippen LogP contribution in [0.4, 0.5) is 0 Å². The second-order valence-electron chi connectivity index (χ2n) is 11.0. The summed E-state index contributed by atoms with van der Waals surface area (Å²) in [5.41, 5.74) is 2.71. The molecule has 0 saturated carbocycles. The third-order valence-electron chi connectivity index (χ3n) is 6.84. The van der Waals surface area contributed by atoms with Crippen LogP contribution < -0.4 is 0 Å². The van der Waals surface area contributed by atoms with E-state index in [-0.39, 0.29) is 22.3 Å². The van der Waals surface area contributed by atoms with Crippen molar-refractivity contribution >= 4 is 16.6 Å². The Bertz CT molecular complexity index is 577. The SMILES string of the molecule is CC(C)(C)[Si](C)(C)O[C@H]1CC2=C(COC=C2)[C@H](O[Si](C)(C)C(C)(C)C)C1. The van der Waals surface area contributed by atoms with Crippen molar-refractivity contribution in [3.63, 3.8) is 0 Å². The summed E-state index contributed by atoms with van der Waals surface area (Å²) in [7, 11) is -3.65. The van der Waals surface area contributed by atoms with Crippen LogP contribution in [0.15, 0.2) is 23.5 Å². The molecule has 1 heterocycles. The lowest BCUT2D eigenvalue weighted by Gasteiger charge is -2.45. The molecule has 0 unspecified atom stereocenters. The van der Waals surface area contributed by atoms with Crippen LogP contribution in [0.2, 0.25) is 36.3 Å². The predicted octanol–water partition coefficient (Wildman–Crippen LogP) is 6.40. The standard InChI is InChI=1S/C21H40O3Si2/c1-20(2,3)25(7,8)23-17-13-16-11-12-22-15-18(16)19(14-17)24-26(9,10)21(4,5)6/h11-12,17,19H,13-15H2,1-10H3/t17-,19+/m0/s1. The molecule has 0 amide bonds. The summed E-state index contributed by atoms with van der Waals surface area (Å²) in [5.74, 6) is 0. The Morgan fingerprint density at radius 3 is 2.00 bits per heavy atom. The summed E-state index contributed by atoms with van der Waals surface area (Å²) >= 11 is 0. The van der Waals surface area contributed by atoms with Gasteiger partial charge in [0, 0.05) is 6.42 Å². The molecule has 2 rings (SSSR count). The molecule has 0 saturated heterocycles. The van der Waals surface area contributed by atoms with E-state index in [9.17, 15) is 0 Å². The first-order valence-electron chi connectivity index (χ1n) is 10.00. The predicted molar refractivity (Wildman–Crippen MR) is 115 cm³/mol. The molecule has 0 N–H and O–H groups in total. The minimum atomic E-state index is -1.85. The summed E-state index contributed by atoms with van der Waals surface area (Å²) in [6.45, 7) is 23.9. The minimum absolute atomic E-state index is 0.124. The van der Waals surface area contributed by atoms with Crippen LogP contribution in [0, 0.1) is 0 Å². The van der Waals surface area contributed by atoms with Crippen molar-refractivity contribution < 1.29 is 13.6 Å². The second kappa shape index (κ2) is 7.23. The van der Waals surface area contributed by atoms with Crippen molar-refractivity contribution in [1.82, 2.24) is 0 Å². The maximum atomic E-state index is 6.85. The third-order valence-corrected chi connectivity index (χ3v) is 15.9. The monoisotopic (exact) mass is 396 g/mol. The first-order valence-corrected chi connectivity index (χ1v) is 15.8. The Hall–Kier alpha value is -0.366. The van der Waals surface area contributed by atoms with E-state index in [1.807, 2.05) is 6.26 Å². The normalized spacial score (nSPS) is 25.2. The number of rotatable bonds is 4. The van der Waals surface area contributed by atoms with E-state index in [1.54, 1.807) is 0 Å². The van der Waals surface area contributed by atoms with E-state index in [1.165, 1.54) is 11.1 Å². The molecule has 1 aliphatic carbocycles. The van der Waals surface area contributed by atoms with Crippen molar-refractivity contribution in [3.05, 3.63) is 23.5 Å². The van der Waals surface area contributed by atoms with E-state index in [4.69, 9.17) is 13.6 Å². The Morgan fingerprint density at radius 2 is 1.46 bits per heavy atom. The zero-order chi connectivity index (χ0) is 20.0. The molecule has 0 bridgehead atoms. The van der Waals surface area contributed by atoms with Gasteiger partial charge < -0.3 is 13.6 Å². The van der Waals surface area contributed by atoms with Gasteiger partial charge in [-0.15, -0.1) is 0 Å². The number of hydrogen-bond acceptors (Lipinski definition) is 3. The van der Waals surface area contributed by atoms with Crippen molar-refractivity contribution in [3.8, 4) is 0 Å². The van der Waals surface area contributed by atoms with Crippen LogP contribution in [-0.4, -0.2) is 35.4 Å². The second-order valence-corrected chi connectivity index (χ2v) is 20.5. The van der Waals surface area contributed by atoms with Gasteiger partial charge in [-0.25, -0.2) is 0 Å². The van der Waals surface area contributed by atoms with Crippen LogP contribution in [0.1, 0.15) is 54.4 Å². The van der Waals surface area contributed by atoms with Gasteiger partial charge in [0.25, 0.3) is 0 Å². The highest BCUT2D eigenvalue weighted by Crippen LogP contribution is 2.43. The molecule has 0 aromatic heterocycles. The molecule has 0 aromatic carbocycles. The van der Waals surface area contributed by atoms with E-state index < -0.39 is 16.6 Å². The van der Waals surface area contributed by atoms with Crippen LogP contribution in [-0.2, 0) is 13.6 Å². The fraction of sp³-hybridized carbons (Fsp3) is 0.810. The molecule has 0 spiro atoms. The largest absolute Gasteiger partial charge is 0.497 e. The molecule has 5 heteroatoms. The number of ether oxygens (including phenoxy) is 1. The fourth-order valence-electron chi connectivity index (χ4n) is 3.01. The molecule has 0 radical (unpaired) electrons. The smallest absolute Gasteiger partial charge is 0.192 e. The van der Waals surface area contributed by atoms with Gasteiger partial charge in [0.05, 0.1) is 18.5 Å². The first-order chi connectivity index (χ1) is 11.6. The first kappa shape index (κ1) is 21.9. The highest BCUT2D eigenvalue weighted by molar-refractivity contribution is 6.74. The minimum Gasteiger partial charge on any atom is -0.497 e. The topological polar surface area (TPSA) is 27.7 Å². The van der Waals surface area contributed by atoms with Gasteiger partial charge in [-0.05, 0) is 59.9 Å². The third kappa shape index (κ3) is 4.72. The van der Waals surface area contributed by atoms with Crippen LogP contribution in [0.3, 0.4) is 0 Å².